The van der Waals surface area contributed by atoms with Crippen LogP contribution in [0.15, 0.2) is 30.5 Å². The van der Waals surface area contributed by atoms with Crippen LogP contribution >= 0.6 is 11.6 Å². The predicted molar refractivity (Wildman–Crippen MR) is 110 cm³/mol. The lowest BCUT2D eigenvalue weighted by Crippen LogP contribution is -2.35. The fraction of sp³-hybridized carbons (Fsp3) is 0.476. The number of hydrogen-bond donors (Lipinski definition) is 2. The lowest BCUT2D eigenvalue weighted by molar-refractivity contribution is -0.121. The number of carbonyl (C=O) groups is 2. The van der Waals surface area contributed by atoms with Gasteiger partial charge in [-0.15, -0.1) is 0 Å². The molecule has 0 atom stereocenters. The third kappa shape index (κ3) is 4.93. The summed E-state index contributed by atoms with van der Waals surface area (Å²) in [4.78, 5) is 24.7. The lowest BCUT2D eigenvalue weighted by Gasteiger charge is -2.14. The van der Waals surface area contributed by atoms with Gasteiger partial charge in [-0.1, -0.05) is 44.4 Å². The van der Waals surface area contributed by atoms with Crippen LogP contribution in [0, 0.1) is 0 Å². The zero-order valence-corrected chi connectivity index (χ0v) is 17.1. The van der Waals surface area contributed by atoms with E-state index in [1.54, 1.807) is 16.9 Å². The molecule has 0 unspecified atom stereocenters. The molecule has 28 heavy (non-hydrogen) atoms. The van der Waals surface area contributed by atoms with Crippen molar-refractivity contribution in [3.8, 4) is 5.69 Å². The topological polar surface area (TPSA) is 76.0 Å². The summed E-state index contributed by atoms with van der Waals surface area (Å²) in [5.41, 5.74) is 2.15. The number of aromatic nitrogens is 2. The molecule has 1 saturated carbocycles. The van der Waals surface area contributed by atoms with Crippen molar-refractivity contribution in [3.63, 3.8) is 0 Å². The molecule has 0 saturated heterocycles. The van der Waals surface area contributed by atoms with Gasteiger partial charge in [0.1, 0.15) is 0 Å². The van der Waals surface area contributed by atoms with Crippen LogP contribution in [0.2, 0.25) is 5.02 Å². The standard InChI is InChI=1S/C21H27ClN4O2/c1-14(2)20-18(13-24-26(20)17-9-5-6-15(22)12-17)21(28)23-11-10-19(27)25-16-7-3-4-8-16/h5-6,9,12-14,16H,3-4,7-8,10-11H2,1-2H3,(H,23,28)(H,25,27). The Morgan fingerprint density at radius 2 is 2.04 bits per heavy atom. The third-order valence-corrected chi connectivity index (χ3v) is 5.24. The highest BCUT2D eigenvalue weighted by Gasteiger charge is 2.21. The number of nitrogens with zero attached hydrogens (tertiary/aromatic N) is 2. The van der Waals surface area contributed by atoms with E-state index in [1.165, 1.54) is 12.8 Å². The Labute approximate surface area is 170 Å². The summed E-state index contributed by atoms with van der Waals surface area (Å²) in [6, 6.07) is 7.67. The largest absolute Gasteiger partial charge is 0.353 e. The Hall–Kier alpha value is -2.34. The average Bonchev–Trinajstić information content (AvgIpc) is 3.31. The van der Waals surface area contributed by atoms with Gasteiger partial charge in [0.05, 0.1) is 23.1 Å². The summed E-state index contributed by atoms with van der Waals surface area (Å²) in [7, 11) is 0. The first kappa shape index (κ1) is 20.4. The molecule has 6 nitrogen and oxygen atoms in total. The summed E-state index contributed by atoms with van der Waals surface area (Å²) in [5, 5.41) is 10.9. The van der Waals surface area contributed by atoms with Crippen LogP contribution in [-0.2, 0) is 4.79 Å². The maximum atomic E-state index is 12.7. The van der Waals surface area contributed by atoms with Gasteiger partial charge in [-0.2, -0.15) is 5.10 Å². The predicted octanol–water partition coefficient (Wildman–Crippen LogP) is 3.83. The highest BCUT2D eigenvalue weighted by atomic mass is 35.5. The molecule has 1 fully saturated rings. The van der Waals surface area contributed by atoms with Crippen LogP contribution in [0.25, 0.3) is 5.69 Å². The number of nitrogens with one attached hydrogen (secondary N) is 2. The van der Waals surface area contributed by atoms with Crippen LogP contribution in [0.5, 0.6) is 0 Å². The van der Waals surface area contributed by atoms with Gasteiger partial charge in [-0.25, -0.2) is 4.68 Å². The van der Waals surface area contributed by atoms with E-state index in [4.69, 9.17) is 11.6 Å². The van der Waals surface area contributed by atoms with E-state index >= 15 is 0 Å². The first-order valence-electron chi connectivity index (χ1n) is 9.87. The maximum Gasteiger partial charge on any atom is 0.254 e. The second-order valence-corrected chi connectivity index (χ2v) is 7.98. The Kier molecular flexibility index (Phi) is 6.73. The van der Waals surface area contributed by atoms with E-state index in [2.05, 4.69) is 15.7 Å². The minimum absolute atomic E-state index is 0.00842. The van der Waals surface area contributed by atoms with Gasteiger partial charge in [0.15, 0.2) is 0 Å². The summed E-state index contributed by atoms with van der Waals surface area (Å²) in [6.45, 7) is 4.34. The molecule has 1 aliphatic carbocycles. The molecule has 1 aliphatic rings. The quantitative estimate of drug-likeness (QED) is 0.739. The number of hydrogen-bond acceptors (Lipinski definition) is 3. The van der Waals surface area contributed by atoms with Gasteiger partial charge in [0.2, 0.25) is 5.91 Å². The molecular weight excluding hydrogens is 376 g/mol. The second kappa shape index (κ2) is 9.24. The van der Waals surface area contributed by atoms with Crippen LogP contribution in [0.1, 0.15) is 67.9 Å². The van der Waals surface area contributed by atoms with E-state index in [0.717, 1.165) is 24.2 Å². The smallest absolute Gasteiger partial charge is 0.254 e. The molecule has 0 radical (unpaired) electrons. The molecule has 0 aliphatic heterocycles. The average molecular weight is 403 g/mol. The molecular formula is C21H27ClN4O2. The monoisotopic (exact) mass is 402 g/mol. The molecule has 7 heteroatoms. The van der Waals surface area contributed by atoms with Crippen molar-refractivity contribution in [2.45, 2.75) is 57.9 Å². The fourth-order valence-corrected chi connectivity index (χ4v) is 3.84. The Morgan fingerprint density at radius 1 is 1.29 bits per heavy atom. The fourth-order valence-electron chi connectivity index (χ4n) is 3.66. The molecule has 0 spiro atoms. The van der Waals surface area contributed by atoms with E-state index in [1.807, 2.05) is 32.0 Å². The molecule has 2 N–H and O–H groups in total. The number of benzene rings is 1. The molecule has 150 valence electrons. The summed E-state index contributed by atoms with van der Waals surface area (Å²) in [5.74, 6) is -0.135. The van der Waals surface area contributed by atoms with E-state index < -0.39 is 0 Å². The minimum atomic E-state index is -0.217. The second-order valence-electron chi connectivity index (χ2n) is 7.54. The van der Waals surface area contributed by atoms with Crippen molar-refractivity contribution in [2.24, 2.45) is 0 Å². The number of halogens is 1. The third-order valence-electron chi connectivity index (χ3n) is 5.01. The van der Waals surface area contributed by atoms with Crippen molar-refractivity contribution in [2.75, 3.05) is 6.54 Å². The van der Waals surface area contributed by atoms with Crippen molar-refractivity contribution in [1.82, 2.24) is 20.4 Å². The Morgan fingerprint density at radius 3 is 2.71 bits per heavy atom. The normalized spacial score (nSPS) is 14.4. The Balaban J connectivity index is 1.64. The highest BCUT2D eigenvalue weighted by Crippen LogP contribution is 2.24. The van der Waals surface area contributed by atoms with E-state index in [0.29, 0.717) is 23.2 Å². The van der Waals surface area contributed by atoms with Gasteiger partial charge in [-0.05, 0) is 37.0 Å². The molecule has 1 aromatic heterocycles. The van der Waals surface area contributed by atoms with E-state index in [-0.39, 0.29) is 24.2 Å². The molecule has 1 aromatic carbocycles. The molecule has 2 aromatic rings. The van der Waals surface area contributed by atoms with Crippen LogP contribution in [0.4, 0.5) is 0 Å². The van der Waals surface area contributed by atoms with Gasteiger partial charge in [0, 0.05) is 24.0 Å². The molecule has 1 heterocycles. The molecule has 2 amide bonds. The first-order chi connectivity index (χ1) is 13.5. The van der Waals surface area contributed by atoms with Crippen molar-refractivity contribution >= 4 is 23.4 Å². The van der Waals surface area contributed by atoms with Crippen molar-refractivity contribution in [1.29, 1.82) is 0 Å². The molecule has 3 rings (SSSR count). The summed E-state index contributed by atoms with van der Waals surface area (Å²) in [6.07, 6.45) is 6.31. The minimum Gasteiger partial charge on any atom is -0.353 e. The van der Waals surface area contributed by atoms with Gasteiger partial charge in [-0.3, -0.25) is 9.59 Å². The number of amides is 2. The van der Waals surface area contributed by atoms with Gasteiger partial charge < -0.3 is 10.6 Å². The SMILES string of the molecule is CC(C)c1c(C(=O)NCCC(=O)NC2CCCC2)cnn1-c1cccc(Cl)c1. The summed E-state index contributed by atoms with van der Waals surface area (Å²) >= 11 is 6.10. The van der Waals surface area contributed by atoms with Crippen LogP contribution < -0.4 is 10.6 Å². The van der Waals surface area contributed by atoms with Crippen molar-refractivity contribution < 1.29 is 9.59 Å². The lowest BCUT2D eigenvalue weighted by atomic mass is 10.0. The van der Waals surface area contributed by atoms with Gasteiger partial charge >= 0.3 is 0 Å². The van der Waals surface area contributed by atoms with Crippen molar-refractivity contribution in [3.05, 3.63) is 46.7 Å². The summed E-state index contributed by atoms with van der Waals surface area (Å²) < 4.78 is 1.75. The molecule has 0 bridgehead atoms. The van der Waals surface area contributed by atoms with E-state index in [9.17, 15) is 9.59 Å². The highest BCUT2D eigenvalue weighted by molar-refractivity contribution is 6.30. The van der Waals surface area contributed by atoms with Crippen LogP contribution in [-0.4, -0.2) is 34.2 Å². The first-order valence-corrected chi connectivity index (χ1v) is 10.2. The number of carbonyl (C=O) groups excluding carboxylic acids is 2. The number of rotatable bonds is 7. The Bertz CT molecular complexity index is 841. The zero-order valence-electron chi connectivity index (χ0n) is 16.4. The van der Waals surface area contributed by atoms with Crippen LogP contribution in [0.3, 0.4) is 0 Å². The zero-order chi connectivity index (χ0) is 20.1. The van der Waals surface area contributed by atoms with Gasteiger partial charge in [0.25, 0.3) is 5.91 Å². The maximum absolute atomic E-state index is 12.7.